The molecule has 0 aliphatic rings. The molecule has 0 radical (unpaired) electrons. The molecule has 2 rings (SSSR count). The maximum Gasteiger partial charge on any atom is 0.148 e. The Hall–Kier alpha value is -1.20. The predicted octanol–water partition coefficient (Wildman–Crippen LogP) is 3.71. The number of benzene rings is 1. The summed E-state index contributed by atoms with van der Waals surface area (Å²) in [6.07, 6.45) is 1.14. The molecule has 0 saturated heterocycles. The number of hydrogen-bond donors (Lipinski definition) is 1. The van der Waals surface area contributed by atoms with E-state index in [1.54, 1.807) is 0 Å². The van der Waals surface area contributed by atoms with E-state index in [0.717, 1.165) is 34.8 Å². The summed E-state index contributed by atoms with van der Waals surface area (Å²) in [4.78, 5) is 4.35. The second-order valence-electron chi connectivity index (χ2n) is 5.00. The highest BCUT2D eigenvalue weighted by atomic mass is 79.9. The summed E-state index contributed by atoms with van der Waals surface area (Å²) in [5, 5.41) is 7.92. The van der Waals surface area contributed by atoms with Gasteiger partial charge in [0.2, 0.25) is 0 Å². The van der Waals surface area contributed by atoms with Crippen molar-refractivity contribution in [2.75, 3.05) is 6.54 Å². The molecule has 0 spiro atoms. The molecule has 1 unspecified atom stereocenters. The van der Waals surface area contributed by atoms with Crippen LogP contribution < -0.4 is 5.32 Å². The Morgan fingerprint density at radius 3 is 2.65 bits per heavy atom. The smallest absolute Gasteiger partial charge is 0.148 e. The molecular weight excluding hydrogens is 316 g/mol. The number of halogens is 1. The van der Waals surface area contributed by atoms with E-state index in [9.17, 15) is 0 Å². The van der Waals surface area contributed by atoms with Gasteiger partial charge >= 0.3 is 0 Å². The fraction of sp³-hybridized carbons (Fsp3) is 0.467. The van der Waals surface area contributed by atoms with Gasteiger partial charge in [-0.2, -0.15) is 5.10 Å². The van der Waals surface area contributed by atoms with E-state index in [1.807, 2.05) is 18.5 Å². The summed E-state index contributed by atoms with van der Waals surface area (Å²) in [7, 11) is 0. The van der Waals surface area contributed by atoms with Gasteiger partial charge in [-0.15, -0.1) is 0 Å². The van der Waals surface area contributed by atoms with Gasteiger partial charge in [-0.05, 0) is 67.4 Å². The Kier molecular flexibility index (Phi) is 4.94. The number of nitrogens with zero attached hydrogens (tertiary/aromatic N) is 3. The number of rotatable bonds is 5. The molecule has 0 fully saturated rings. The van der Waals surface area contributed by atoms with E-state index < -0.39 is 0 Å². The number of aromatic nitrogens is 3. The van der Waals surface area contributed by atoms with Crippen LogP contribution in [0.3, 0.4) is 0 Å². The zero-order chi connectivity index (χ0) is 14.7. The lowest BCUT2D eigenvalue weighted by Gasteiger charge is -2.15. The van der Waals surface area contributed by atoms with Crippen LogP contribution in [0.25, 0.3) is 5.69 Å². The summed E-state index contributed by atoms with van der Waals surface area (Å²) >= 11 is 3.65. The zero-order valence-corrected chi connectivity index (χ0v) is 14.0. The monoisotopic (exact) mass is 336 g/mol. The Labute approximate surface area is 128 Å². The molecule has 1 heterocycles. The van der Waals surface area contributed by atoms with E-state index in [0.29, 0.717) is 6.04 Å². The van der Waals surface area contributed by atoms with Crippen molar-refractivity contribution in [1.29, 1.82) is 0 Å². The van der Waals surface area contributed by atoms with Crippen LogP contribution in [0.4, 0.5) is 0 Å². The molecule has 20 heavy (non-hydrogen) atoms. The standard InChI is InChI=1S/C15H21BrN4/c1-5-8-17-10(2)13-6-7-15(14(16)9-13)20-12(4)18-11(3)19-20/h6-7,9-10,17H,5,8H2,1-4H3. The minimum atomic E-state index is 0.346. The van der Waals surface area contributed by atoms with E-state index in [2.05, 4.69) is 63.4 Å². The van der Waals surface area contributed by atoms with Crippen LogP contribution in [-0.2, 0) is 0 Å². The van der Waals surface area contributed by atoms with E-state index >= 15 is 0 Å². The Bertz CT molecular complexity index is 592. The van der Waals surface area contributed by atoms with Crippen molar-refractivity contribution in [2.24, 2.45) is 0 Å². The summed E-state index contributed by atoms with van der Waals surface area (Å²) < 4.78 is 2.90. The highest BCUT2D eigenvalue weighted by Crippen LogP contribution is 2.25. The second-order valence-corrected chi connectivity index (χ2v) is 5.86. The average molecular weight is 337 g/mol. The van der Waals surface area contributed by atoms with E-state index in [-0.39, 0.29) is 0 Å². The molecule has 1 atom stereocenters. The fourth-order valence-corrected chi connectivity index (χ4v) is 2.76. The molecule has 0 aliphatic heterocycles. The SMILES string of the molecule is CCCNC(C)c1ccc(-n2nc(C)nc2C)c(Br)c1. The fourth-order valence-electron chi connectivity index (χ4n) is 2.19. The number of hydrogen-bond acceptors (Lipinski definition) is 3. The van der Waals surface area contributed by atoms with Crippen LogP contribution in [0.1, 0.15) is 43.5 Å². The topological polar surface area (TPSA) is 42.7 Å². The van der Waals surface area contributed by atoms with Crippen molar-refractivity contribution in [1.82, 2.24) is 20.1 Å². The molecule has 5 heteroatoms. The van der Waals surface area contributed by atoms with Gasteiger partial charge < -0.3 is 5.32 Å². The van der Waals surface area contributed by atoms with Gasteiger partial charge in [0.25, 0.3) is 0 Å². The predicted molar refractivity (Wildman–Crippen MR) is 85.2 cm³/mol. The lowest BCUT2D eigenvalue weighted by molar-refractivity contribution is 0.570. The van der Waals surface area contributed by atoms with Crippen molar-refractivity contribution >= 4 is 15.9 Å². The molecule has 2 aromatic rings. The molecule has 0 bridgehead atoms. The van der Waals surface area contributed by atoms with Crippen LogP contribution in [0.15, 0.2) is 22.7 Å². The first-order chi connectivity index (χ1) is 9.52. The number of aryl methyl sites for hydroxylation is 2. The van der Waals surface area contributed by atoms with Gasteiger partial charge in [-0.3, -0.25) is 0 Å². The minimum Gasteiger partial charge on any atom is -0.310 e. The molecule has 4 nitrogen and oxygen atoms in total. The molecule has 1 N–H and O–H groups in total. The maximum atomic E-state index is 4.43. The van der Waals surface area contributed by atoms with Gasteiger partial charge in [0.15, 0.2) is 0 Å². The van der Waals surface area contributed by atoms with Crippen LogP contribution in [-0.4, -0.2) is 21.3 Å². The van der Waals surface area contributed by atoms with Crippen LogP contribution in [0.2, 0.25) is 0 Å². The largest absolute Gasteiger partial charge is 0.310 e. The maximum absolute atomic E-state index is 4.43. The second kappa shape index (κ2) is 6.50. The highest BCUT2D eigenvalue weighted by Gasteiger charge is 2.11. The summed E-state index contributed by atoms with van der Waals surface area (Å²) in [5.74, 6) is 1.68. The van der Waals surface area contributed by atoms with Crippen molar-refractivity contribution in [2.45, 2.75) is 40.2 Å². The van der Waals surface area contributed by atoms with Crippen LogP contribution in [0.5, 0.6) is 0 Å². The summed E-state index contributed by atoms with van der Waals surface area (Å²) in [6.45, 7) is 9.26. The Morgan fingerprint density at radius 2 is 2.10 bits per heavy atom. The van der Waals surface area contributed by atoms with Crippen molar-refractivity contribution < 1.29 is 0 Å². The lowest BCUT2D eigenvalue weighted by atomic mass is 10.1. The normalized spacial score (nSPS) is 12.7. The molecule has 108 valence electrons. The van der Waals surface area contributed by atoms with Crippen molar-refractivity contribution in [3.05, 3.63) is 39.9 Å². The molecule has 0 aliphatic carbocycles. The first kappa shape index (κ1) is 15.2. The first-order valence-electron chi connectivity index (χ1n) is 6.96. The number of nitrogens with one attached hydrogen (secondary N) is 1. The third kappa shape index (κ3) is 3.27. The van der Waals surface area contributed by atoms with Crippen LogP contribution in [0, 0.1) is 13.8 Å². The third-order valence-corrected chi connectivity index (χ3v) is 3.91. The molecule has 0 amide bonds. The van der Waals surface area contributed by atoms with Gasteiger partial charge in [-0.1, -0.05) is 13.0 Å². The highest BCUT2D eigenvalue weighted by molar-refractivity contribution is 9.10. The quantitative estimate of drug-likeness (QED) is 0.904. The van der Waals surface area contributed by atoms with Gasteiger partial charge in [0, 0.05) is 10.5 Å². The summed E-state index contributed by atoms with van der Waals surface area (Å²) in [6, 6.07) is 6.73. The third-order valence-electron chi connectivity index (χ3n) is 3.28. The molecular formula is C15H21BrN4. The van der Waals surface area contributed by atoms with Crippen LogP contribution >= 0.6 is 15.9 Å². The molecule has 1 aromatic heterocycles. The van der Waals surface area contributed by atoms with Crippen molar-refractivity contribution in [3.8, 4) is 5.69 Å². The minimum absolute atomic E-state index is 0.346. The first-order valence-corrected chi connectivity index (χ1v) is 7.75. The van der Waals surface area contributed by atoms with E-state index in [1.165, 1.54) is 5.56 Å². The lowest BCUT2D eigenvalue weighted by Crippen LogP contribution is -2.19. The molecule has 0 saturated carbocycles. The van der Waals surface area contributed by atoms with E-state index in [4.69, 9.17) is 0 Å². The Morgan fingerprint density at radius 1 is 1.35 bits per heavy atom. The Balaban J connectivity index is 2.28. The van der Waals surface area contributed by atoms with Gasteiger partial charge in [0.1, 0.15) is 11.6 Å². The molecule has 1 aromatic carbocycles. The van der Waals surface area contributed by atoms with Gasteiger partial charge in [0.05, 0.1) is 5.69 Å². The van der Waals surface area contributed by atoms with Crippen molar-refractivity contribution in [3.63, 3.8) is 0 Å². The van der Waals surface area contributed by atoms with Gasteiger partial charge in [-0.25, -0.2) is 9.67 Å². The zero-order valence-electron chi connectivity index (χ0n) is 12.4. The average Bonchev–Trinajstić information content (AvgIpc) is 2.74. The summed E-state index contributed by atoms with van der Waals surface area (Å²) in [5.41, 5.74) is 2.29.